The number of primary amides is 1. The Morgan fingerprint density at radius 2 is 1.69 bits per heavy atom. The number of hydrogen-bond acceptors (Lipinski definition) is 4. The number of amides is 2. The van der Waals surface area contributed by atoms with E-state index in [0.717, 1.165) is 28.3 Å². The zero-order chi connectivity index (χ0) is 25.9. The van der Waals surface area contributed by atoms with Crippen LogP contribution >= 0.6 is 0 Å². The van der Waals surface area contributed by atoms with Crippen LogP contribution in [0.1, 0.15) is 31.4 Å². The number of halogens is 1. The molecule has 3 atom stereocenters. The molecular formula is C29H35FN4O2. The normalized spacial score (nSPS) is 19.1. The predicted octanol–water partition coefficient (Wildman–Crippen LogP) is 3.26. The van der Waals surface area contributed by atoms with Crippen LogP contribution in [0.3, 0.4) is 0 Å². The quantitative estimate of drug-likeness (QED) is 0.507. The Morgan fingerprint density at radius 1 is 1.03 bits per heavy atom. The van der Waals surface area contributed by atoms with Crippen molar-refractivity contribution in [2.45, 2.75) is 50.7 Å². The van der Waals surface area contributed by atoms with Gasteiger partial charge in [-0.25, -0.2) is 4.39 Å². The van der Waals surface area contributed by atoms with Gasteiger partial charge < -0.3 is 16.4 Å². The van der Waals surface area contributed by atoms with Crippen LogP contribution in [-0.4, -0.2) is 58.9 Å². The van der Waals surface area contributed by atoms with Crippen molar-refractivity contribution in [2.75, 3.05) is 19.6 Å². The molecule has 0 aliphatic carbocycles. The highest BCUT2D eigenvalue weighted by molar-refractivity contribution is 5.86. The van der Waals surface area contributed by atoms with E-state index in [2.05, 4.69) is 35.2 Å². The average molecular weight is 491 g/mol. The molecule has 1 heterocycles. The Kier molecular flexibility index (Phi) is 7.71. The fourth-order valence-corrected chi connectivity index (χ4v) is 5.22. The number of nitrogens with two attached hydrogens (primary N) is 2. The molecule has 1 fully saturated rings. The summed E-state index contributed by atoms with van der Waals surface area (Å²) < 4.78 is 13.2. The van der Waals surface area contributed by atoms with Crippen LogP contribution in [0.5, 0.6) is 0 Å². The molecule has 7 heteroatoms. The summed E-state index contributed by atoms with van der Waals surface area (Å²) in [5, 5.41) is 2.27. The third kappa shape index (κ3) is 5.42. The molecule has 190 valence electrons. The highest BCUT2D eigenvalue weighted by Crippen LogP contribution is 2.27. The Balaban J connectivity index is 1.48. The van der Waals surface area contributed by atoms with Crippen LogP contribution in [0, 0.1) is 5.82 Å². The Bertz CT molecular complexity index is 1230. The average Bonchev–Trinajstić information content (AvgIpc) is 2.88. The van der Waals surface area contributed by atoms with Gasteiger partial charge in [0.25, 0.3) is 0 Å². The molecule has 2 amide bonds. The Hall–Kier alpha value is -3.29. The summed E-state index contributed by atoms with van der Waals surface area (Å²) in [4.78, 5) is 30.0. The first kappa shape index (κ1) is 25.8. The number of hydrogen-bond donors (Lipinski definition) is 2. The molecule has 36 heavy (non-hydrogen) atoms. The van der Waals surface area contributed by atoms with Gasteiger partial charge in [-0.1, -0.05) is 61.5 Å². The van der Waals surface area contributed by atoms with Gasteiger partial charge in [-0.2, -0.15) is 0 Å². The smallest absolute Gasteiger partial charge is 0.240 e. The van der Waals surface area contributed by atoms with Crippen molar-refractivity contribution in [2.24, 2.45) is 11.5 Å². The molecule has 6 nitrogen and oxygen atoms in total. The van der Waals surface area contributed by atoms with E-state index in [1.54, 1.807) is 12.1 Å². The molecule has 3 aromatic carbocycles. The van der Waals surface area contributed by atoms with Crippen LogP contribution in [0.25, 0.3) is 10.8 Å². The number of carbonyl (C=O) groups is 2. The molecule has 0 spiro atoms. The predicted molar refractivity (Wildman–Crippen MR) is 141 cm³/mol. The minimum absolute atomic E-state index is 0.0826. The first-order valence-corrected chi connectivity index (χ1v) is 12.5. The summed E-state index contributed by atoms with van der Waals surface area (Å²) in [5.41, 5.74) is 13.2. The van der Waals surface area contributed by atoms with E-state index >= 15 is 0 Å². The molecule has 0 bridgehead atoms. The van der Waals surface area contributed by atoms with E-state index in [1.165, 1.54) is 12.1 Å². The van der Waals surface area contributed by atoms with Gasteiger partial charge in [-0.05, 0) is 60.2 Å². The molecular weight excluding hydrogens is 455 g/mol. The molecule has 0 saturated carbocycles. The fraction of sp³-hybridized carbons (Fsp3) is 0.379. The monoisotopic (exact) mass is 490 g/mol. The van der Waals surface area contributed by atoms with Gasteiger partial charge in [0.05, 0.1) is 6.04 Å². The van der Waals surface area contributed by atoms with Crippen LogP contribution in [0.15, 0.2) is 66.7 Å². The largest absolute Gasteiger partial charge is 0.368 e. The minimum Gasteiger partial charge on any atom is -0.368 e. The topological polar surface area (TPSA) is 92.7 Å². The molecule has 0 aromatic heterocycles. The van der Waals surface area contributed by atoms with Crippen LogP contribution in [0.4, 0.5) is 4.39 Å². The number of nitrogens with zero attached hydrogens (tertiary/aromatic N) is 2. The Morgan fingerprint density at radius 3 is 2.36 bits per heavy atom. The highest BCUT2D eigenvalue weighted by Gasteiger charge is 2.43. The number of piperazine rings is 1. The molecule has 0 radical (unpaired) electrons. The number of rotatable bonds is 8. The lowest BCUT2D eigenvalue weighted by atomic mass is 9.87. The van der Waals surface area contributed by atoms with Crippen LogP contribution in [0.2, 0.25) is 0 Å². The van der Waals surface area contributed by atoms with E-state index in [0.29, 0.717) is 32.5 Å². The van der Waals surface area contributed by atoms with Crippen molar-refractivity contribution in [3.8, 4) is 0 Å². The van der Waals surface area contributed by atoms with Crippen molar-refractivity contribution < 1.29 is 14.0 Å². The van der Waals surface area contributed by atoms with E-state index in [4.69, 9.17) is 11.5 Å². The molecule has 1 aliphatic rings. The van der Waals surface area contributed by atoms with Gasteiger partial charge in [0.1, 0.15) is 11.4 Å². The molecule has 1 aliphatic heterocycles. The van der Waals surface area contributed by atoms with Gasteiger partial charge in [-0.15, -0.1) is 0 Å². The third-order valence-corrected chi connectivity index (χ3v) is 7.51. The maximum atomic E-state index is 13.3. The lowest BCUT2D eigenvalue weighted by Gasteiger charge is -2.48. The zero-order valence-corrected chi connectivity index (χ0v) is 21.0. The Labute approximate surface area is 212 Å². The van der Waals surface area contributed by atoms with Gasteiger partial charge in [0.2, 0.25) is 11.8 Å². The second-order valence-electron chi connectivity index (χ2n) is 9.97. The number of benzene rings is 3. The molecule has 1 saturated heterocycles. The van der Waals surface area contributed by atoms with Crippen LogP contribution < -0.4 is 11.5 Å². The maximum Gasteiger partial charge on any atom is 0.240 e. The fourth-order valence-electron chi connectivity index (χ4n) is 5.22. The minimum atomic E-state index is -0.888. The number of carbonyl (C=O) groups excluding carboxylic acids is 2. The molecule has 3 unspecified atom stereocenters. The van der Waals surface area contributed by atoms with E-state index < -0.39 is 11.6 Å². The standard InChI is InChI=1S/C29H35FN4O2/c1-3-25-19-33(14-15-34(25)27(35)26(31)17-20-9-12-24(30)13-10-20)29(2,28(32)36)18-21-8-11-22-6-4-5-7-23(22)16-21/h4-13,16,25-26H,3,14-15,17-19,31H2,1-2H3,(H2,32,36). The van der Waals surface area contributed by atoms with Gasteiger partial charge >= 0.3 is 0 Å². The second kappa shape index (κ2) is 10.8. The molecule has 4 N–H and O–H groups in total. The van der Waals surface area contributed by atoms with Gasteiger partial charge in [0.15, 0.2) is 0 Å². The van der Waals surface area contributed by atoms with E-state index in [1.807, 2.05) is 30.9 Å². The van der Waals surface area contributed by atoms with Gasteiger partial charge in [0, 0.05) is 25.7 Å². The lowest BCUT2D eigenvalue weighted by Crippen LogP contribution is -2.66. The van der Waals surface area contributed by atoms with Crippen molar-refractivity contribution >= 4 is 22.6 Å². The van der Waals surface area contributed by atoms with Crippen molar-refractivity contribution in [3.63, 3.8) is 0 Å². The van der Waals surface area contributed by atoms with Gasteiger partial charge in [-0.3, -0.25) is 14.5 Å². The first-order chi connectivity index (χ1) is 17.2. The van der Waals surface area contributed by atoms with Crippen molar-refractivity contribution in [1.29, 1.82) is 0 Å². The van der Waals surface area contributed by atoms with Crippen molar-refractivity contribution in [3.05, 3.63) is 83.7 Å². The lowest BCUT2D eigenvalue weighted by molar-refractivity contribution is -0.141. The summed E-state index contributed by atoms with van der Waals surface area (Å²) in [6.45, 7) is 5.46. The number of fused-ring (bicyclic) bond motifs is 1. The summed E-state index contributed by atoms with van der Waals surface area (Å²) >= 11 is 0. The molecule has 4 rings (SSSR count). The summed E-state index contributed by atoms with van der Waals surface area (Å²) in [6.07, 6.45) is 1.56. The van der Waals surface area contributed by atoms with Crippen molar-refractivity contribution in [1.82, 2.24) is 9.80 Å². The first-order valence-electron chi connectivity index (χ1n) is 12.5. The third-order valence-electron chi connectivity index (χ3n) is 7.51. The maximum absolute atomic E-state index is 13.3. The van der Waals surface area contributed by atoms with Crippen LogP contribution in [-0.2, 0) is 22.4 Å². The second-order valence-corrected chi connectivity index (χ2v) is 9.97. The van der Waals surface area contributed by atoms with E-state index in [-0.39, 0.29) is 23.7 Å². The summed E-state index contributed by atoms with van der Waals surface area (Å²) in [7, 11) is 0. The zero-order valence-electron chi connectivity index (χ0n) is 21.0. The highest BCUT2D eigenvalue weighted by atomic mass is 19.1. The molecule has 3 aromatic rings. The van der Waals surface area contributed by atoms with E-state index in [9.17, 15) is 14.0 Å². The summed E-state index contributed by atoms with van der Waals surface area (Å²) in [6, 6.07) is 19.6. The summed E-state index contributed by atoms with van der Waals surface area (Å²) in [5.74, 6) is -0.818. The SMILES string of the molecule is CCC1CN(C(C)(Cc2ccc3ccccc3c2)C(N)=O)CCN1C(=O)C(N)Cc1ccc(F)cc1.